The second-order valence-corrected chi connectivity index (χ2v) is 5.62. The maximum Gasteiger partial charge on any atom is 0.146 e. The molecule has 112 valence electrons. The maximum atomic E-state index is 9.53. The van der Waals surface area contributed by atoms with Crippen molar-refractivity contribution in [1.82, 2.24) is 0 Å². The number of benzene rings is 2. The molecule has 0 radical (unpaired) electrons. The topological polar surface area (TPSA) is 29.5 Å². The van der Waals surface area contributed by atoms with Gasteiger partial charge in [-0.2, -0.15) is 0 Å². The van der Waals surface area contributed by atoms with Gasteiger partial charge in [-0.25, -0.2) is 0 Å². The van der Waals surface area contributed by atoms with E-state index in [2.05, 4.69) is 19.1 Å². The molecule has 2 nitrogen and oxygen atoms in total. The lowest BCUT2D eigenvalue weighted by Gasteiger charge is -2.11. The Bertz CT molecular complexity index is 576. The second kappa shape index (κ2) is 7.48. The quantitative estimate of drug-likeness (QED) is 0.760. The number of unbranched alkanes of at least 4 members (excludes halogenated alkanes) is 1. The lowest BCUT2D eigenvalue weighted by Crippen LogP contribution is -1.92. The summed E-state index contributed by atoms with van der Waals surface area (Å²) in [4.78, 5) is 0. The average Bonchev–Trinajstić information content (AvgIpc) is 2.48. The van der Waals surface area contributed by atoms with Gasteiger partial charge in [0.05, 0.1) is 11.1 Å². The van der Waals surface area contributed by atoms with Gasteiger partial charge in [-0.1, -0.05) is 43.1 Å². The number of halogens is 1. The predicted molar refractivity (Wildman–Crippen MR) is 87.2 cm³/mol. The zero-order valence-corrected chi connectivity index (χ0v) is 13.2. The summed E-state index contributed by atoms with van der Waals surface area (Å²) < 4.78 is 5.79. The van der Waals surface area contributed by atoms with Crippen molar-refractivity contribution in [2.45, 2.75) is 39.2 Å². The summed E-state index contributed by atoms with van der Waals surface area (Å²) in [5.74, 6) is 1.37. The van der Waals surface area contributed by atoms with Gasteiger partial charge in [-0.15, -0.1) is 0 Å². The molecule has 0 spiro atoms. The number of ether oxygens (including phenoxy) is 1. The normalized spacial score (nSPS) is 12.2. The molecule has 3 heteroatoms. The SMILES string of the molecule is CCCCc1ccc(Oc2ccc([C@@H](C)O)cc2Cl)cc1. The van der Waals surface area contributed by atoms with Crippen molar-refractivity contribution < 1.29 is 9.84 Å². The third-order valence-corrected chi connectivity index (χ3v) is 3.70. The molecule has 0 saturated carbocycles. The van der Waals surface area contributed by atoms with Gasteiger partial charge in [0, 0.05) is 0 Å². The van der Waals surface area contributed by atoms with Gasteiger partial charge in [-0.3, -0.25) is 0 Å². The highest BCUT2D eigenvalue weighted by Crippen LogP contribution is 2.31. The van der Waals surface area contributed by atoms with Crippen LogP contribution in [0.2, 0.25) is 5.02 Å². The monoisotopic (exact) mass is 304 g/mol. The smallest absolute Gasteiger partial charge is 0.146 e. The maximum absolute atomic E-state index is 9.53. The molecular weight excluding hydrogens is 284 g/mol. The summed E-state index contributed by atoms with van der Waals surface area (Å²) in [5.41, 5.74) is 2.10. The highest BCUT2D eigenvalue weighted by atomic mass is 35.5. The molecule has 0 heterocycles. The highest BCUT2D eigenvalue weighted by Gasteiger charge is 2.07. The van der Waals surface area contributed by atoms with Crippen molar-refractivity contribution in [3.05, 3.63) is 58.6 Å². The fourth-order valence-corrected chi connectivity index (χ4v) is 2.32. The first kappa shape index (κ1) is 15.9. The number of hydrogen-bond acceptors (Lipinski definition) is 2. The van der Waals surface area contributed by atoms with Crippen molar-refractivity contribution in [1.29, 1.82) is 0 Å². The second-order valence-electron chi connectivity index (χ2n) is 5.22. The van der Waals surface area contributed by atoms with E-state index in [0.29, 0.717) is 10.8 Å². The number of hydrogen-bond donors (Lipinski definition) is 1. The van der Waals surface area contributed by atoms with Crippen LogP contribution < -0.4 is 4.74 Å². The Morgan fingerprint density at radius 1 is 1.14 bits per heavy atom. The molecular formula is C18H21ClO2. The Labute approximate surface area is 131 Å². The minimum absolute atomic E-state index is 0.503. The largest absolute Gasteiger partial charge is 0.456 e. The fraction of sp³-hybridized carbons (Fsp3) is 0.333. The van der Waals surface area contributed by atoms with Crippen molar-refractivity contribution >= 4 is 11.6 Å². The Balaban J connectivity index is 2.07. The summed E-state index contributed by atoms with van der Waals surface area (Å²) >= 11 is 6.19. The fourth-order valence-electron chi connectivity index (χ4n) is 2.09. The van der Waals surface area contributed by atoms with Crippen LogP contribution in [-0.4, -0.2) is 5.11 Å². The molecule has 0 saturated heterocycles. The first-order valence-corrected chi connectivity index (χ1v) is 7.72. The van der Waals surface area contributed by atoms with Gasteiger partial charge in [0.25, 0.3) is 0 Å². The molecule has 0 bridgehead atoms. The van der Waals surface area contributed by atoms with E-state index in [1.165, 1.54) is 18.4 Å². The number of rotatable bonds is 6. The van der Waals surface area contributed by atoms with E-state index in [4.69, 9.17) is 16.3 Å². The molecule has 0 aromatic heterocycles. The van der Waals surface area contributed by atoms with Crippen LogP contribution in [0.25, 0.3) is 0 Å². The van der Waals surface area contributed by atoms with Crippen LogP contribution in [0, 0.1) is 0 Å². The third kappa shape index (κ3) is 4.48. The molecule has 1 N–H and O–H groups in total. The minimum atomic E-state index is -0.533. The molecule has 0 unspecified atom stereocenters. The summed E-state index contributed by atoms with van der Waals surface area (Å²) in [6.07, 6.45) is 2.96. The molecule has 2 aromatic rings. The van der Waals surface area contributed by atoms with Crippen molar-refractivity contribution in [3.63, 3.8) is 0 Å². The van der Waals surface area contributed by atoms with E-state index in [1.807, 2.05) is 18.2 Å². The molecule has 0 aliphatic carbocycles. The van der Waals surface area contributed by atoms with Crippen molar-refractivity contribution in [2.75, 3.05) is 0 Å². The Kier molecular flexibility index (Phi) is 5.66. The van der Waals surface area contributed by atoms with Gasteiger partial charge < -0.3 is 9.84 Å². The summed E-state index contributed by atoms with van der Waals surface area (Å²) in [6, 6.07) is 13.4. The van der Waals surface area contributed by atoms with Crippen LogP contribution in [0.15, 0.2) is 42.5 Å². The van der Waals surface area contributed by atoms with E-state index in [9.17, 15) is 5.11 Å². The summed E-state index contributed by atoms with van der Waals surface area (Å²) in [5, 5.41) is 10.0. The molecule has 0 fully saturated rings. The lowest BCUT2D eigenvalue weighted by atomic mass is 10.1. The Hall–Kier alpha value is -1.51. The van der Waals surface area contributed by atoms with E-state index in [1.54, 1.807) is 19.1 Å². The first-order valence-electron chi connectivity index (χ1n) is 7.34. The Morgan fingerprint density at radius 3 is 2.43 bits per heavy atom. The molecule has 21 heavy (non-hydrogen) atoms. The Morgan fingerprint density at radius 2 is 1.86 bits per heavy atom. The minimum Gasteiger partial charge on any atom is -0.456 e. The van der Waals surface area contributed by atoms with Crippen LogP contribution in [0.4, 0.5) is 0 Å². The molecule has 0 aliphatic heterocycles. The van der Waals surface area contributed by atoms with E-state index in [0.717, 1.165) is 17.7 Å². The van der Waals surface area contributed by atoms with Gasteiger partial charge in [0.1, 0.15) is 11.5 Å². The number of aliphatic hydroxyl groups is 1. The molecule has 2 aromatic carbocycles. The molecule has 0 aliphatic rings. The average molecular weight is 305 g/mol. The zero-order chi connectivity index (χ0) is 15.2. The van der Waals surface area contributed by atoms with Gasteiger partial charge in [0.15, 0.2) is 0 Å². The lowest BCUT2D eigenvalue weighted by molar-refractivity contribution is 0.199. The van der Waals surface area contributed by atoms with E-state index >= 15 is 0 Å². The van der Waals surface area contributed by atoms with Crippen LogP contribution >= 0.6 is 11.6 Å². The van der Waals surface area contributed by atoms with Gasteiger partial charge >= 0.3 is 0 Å². The molecule has 1 atom stereocenters. The zero-order valence-electron chi connectivity index (χ0n) is 12.5. The van der Waals surface area contributed by atoms with Crippen LogP contribution in [0.5, 0.6) is 11.5 Å². The van der Waals surface area contributed by atoms with Gasteiger partial charge in [0.2, 0.25) is 0 Å². The number of aliphatic hydroxyl groups excluding tert-OH is 1. The van der Waals surface area contributed by atoms with Crippen LogP contribution in [-0.2, 0) is 6.42 Å². The molecule has 0 amide bonds. The first-order chi connectivity index (χ1) is 10.1. The number of aryl methyl sites for hydroxylation is 1. The summed E-state index contributed by atoms with van der Waals surface area (Å²) in [6.45, 7) is 3.90. The highest BCUT2D eigenvalue weighted by molar-refractivity contribution is 6.32. The predicted octanol–water partition coefficient (Wildman–Crippen LogP) is 5.53. The summed E-state index contributed by atoms with van der Waals surface area (Å²) in [7, 11) is 0. The molecule has 2 rings (SSSR count). The van der Waals surface area contributed by atoms with Crippen LogP contribution in [0.3, 0.4) is 0 Å². The van der Waals surface area contributed by atoms with Gasteiger partial charge in [-0.05, 0) is 55.2 Å². The van der Waals surface area contributed by atoms with Crippen molar-refractivity contribution in [2.24, 2.45) is 0 Å². The standard InChI is InChI=1S/C18H21ClO2/c1-3-4-5-14-6-9-16(10-7-14)21-18-11-8-15(13(2)20)12-17(18)19/h6-13,20H,3-5H2,1-2H3/t13-/m1/s1. The van der Waals surface area contributed by atoms with Crippen LogP contribution in [0.1, 0.15) is 43.9 Å². The van der Waals surface area contributed by atoms with E-state index < -0.39 is 6.10 Å². The van der Waals surface area contributed by atoms with Crippen molar-refractivity contribution in [3.8, 4) is 11.5 Å². The third-order valence-electron chi connectivity index (χ3n) is 3.41. The van der Waals surface area contributed by atoms with E-state index in [-0.39, 0.29) is 0 Å².